The van der Waals surface area contributed by atoms with Gasteiger partial charge in [0.25, 0.3) is 0 Å². The lowest BCUT2D eigenvalue weighted by Gasteiger charge is -2.32. The molecular weight excluding hydrogens is 310 g/mol. The summed E-state index contributed by atoms with van der Waals surface area (Å²) in [5.74, 6) is 1.61. The molecule has 3 nitrogen and oxygen atoms in total. The first-order valence-electron chi connectivity index (χ1n) is 4.93. The fourth-order valence-electron chi connectivity index (χ4n) is 2.21. The summed E-state index contributed by atoms with van der Waals surface area (Å²) in [4.78, 5) is 6.32. The quantitative estimate of drug-likeness (QED) is 0.684. The van der Waals surface area contributed by atoms with Gasteiger partial charge in [0.1, 0.15) is 12.8 Å². The molecule has 3 rings (SSSR count). The van der Waals surface area contributed by atoms with Crippen molar-refractivity contribution in [3.05, 3.63) is 15.8 Å². The molecule has 5 heteroatoms. The van der Waals surface area contributed by atoms with Crippen LogP contribution in [0.2, 0.25) is 0 Å². The van der Waals surface area contributed by atoms with E-state index in [9.17, 15) is 4.39 Å². The van der Waals surface area contributed by atoms with Crippen LogP contribution in [0.3, 0.4) is 0 Å². The number of hydrogen-bond acceptors (Lipinski definition) is 3. The maximum Gasteiger partial charge on any atom is 0.175 e. The highest BCUT2D eigenvalue weighted by atomic mass is 127. The summed E-state index contributed by atoms with van der Waals surface area (Å²) in [6.45, 7) is 1.03. The second-order valence-electron chi connectivity index (χ2n) is 3.90. The zero-order valence-corrected chi connectivity index (χ0v) is 10.1. The van der Waals surface area contributed by atoms with Gasteiger partial charge in [-0.15, -0.1) is 0 Å². The Hall–Kier alpha value is -0.590. The largest absolute Gasteiger partial charge is 0.486 e. The number of alkyl halides is 1. The molecule has 2 aliphatic heterocycles. The van der Waals surface area contributed by atoms with Crippen LogP contribution in [0.25, 0.3) is 0 Å². The predicted octanol–water partition coefficient (Wildman–Crippen LogP) is 2.00. The van der Waals surface area contributed by atoms with Gasteiger partial charge in [-0.25, -0.2) is 9.37 Å². The molecule has 15 heavy (non-hydrogen) atoms. The molecule has 1 fully saturated rings. The van der Waals surface area contributed by atoms with E-state index in [2.05, 4.69) is 27.6 Å². The van der Waals surface area contributed by atoms with Crippen molar-refractivity contribution >= 4 is 28.4 Å². The molecule has 0 N–H and O–H groups in total. The highest BCUT2D eigenvalue weighted by Gasteiger charge is 2.38. The zero-order chi connectivity index (χ0) is 10.4. The average Bonchev–Trinajstić information content (AvgIpc) is 2.59. The molecule has 0 amide bonds. The van der Waals surface area contributed by atoms with Gasteiger partial charge in [0.15, 0.2) is 11.6 Å². The van der Waals surface area contributed by atoms with Crippen LogP contribution < -0.4 is 9.64 Å². The van der Waals surface area contributed by atoms with Crippen LogP contribution >= 0.6 is 22.6 Å². The fourth-order valence-corrected chi connectivity index (χ4v) is 2.77. The summed E-state index contributed by atoms with van der Waals surface area (Å²) in [6, 6.07) is 2.07. The summed E-state index contributed by atoms with van der Waals surface area (Å²) < 4.78 is 20.0. The number of halogens is 2. The third-order valence-corrected chi connectivity index (χ3v) is 3.74. The molecule has 2 aliphatic rings. The van der Waals surface area contributed by atoms with Crippen molar-refractivity contribution in [2.24, 2.45) is 0 Å². The van der Waals surface area contributed by atoms with Crippen LogP contribution in [0.1, 0.15) is 6.42 Å². The molecule has 0 unspecified atom stereocenters. The van der Waals surface area contributed by atoms with E-state index >= 15 is 0 Å². The first-order chi connectivity index (χ1) is 7.25. The van der Waals surface area contributed by atoms with Crippen LogP contribution in [0.5, 0.6) is 5.75 Å². The van der Waals surface area contributed by atoms with Gasteiger partial charge in [0.05, 0.1) is 16.2 Å². The van der Waals surface area contributed by atoms with Gasteiger partial charge in [-0.05, 0) is 28.7 Å². The van der Waals surface area contributed by atoms with E-state index in [1.165, 1.54) is 0 Å². The van der Waals surface area contributed by atoms with E-state index in [4.69, 9.17) is 4.74 Å². The first kappa shape index (κ1) is 9.62. The maximum atomic E-state index is 13.3. The van der Waals surface area contributed by atoms with Gasteiger partial charge in [-0.3, -0.25) is 0 Å². The topological polar surface area (TPSA) is 25.4 Å². The zero-order valence-electron chi connectivity index (χ0n) is 7.99. The number of anilines is 1. The molecular formula is C10H10FIN2O. The van der Waals surface area contributed by atoms with Crippen molar-refractivity contribution < 1.29 is 9.13 Å². The maximum absolute atomic E-state index is 13.3. The summed E-state index contributed by atoms with van der Waals surface area (Å²) >= 11 is 2.22. The molecule has 1 aromatic rings. The molecule has 0 aliphatic carbocycles. The van der Waals surface area contributed by atoms with E-state index in [1.54, 1.807) is 6.20 Å². The minimum Gasteiger partial charge on any atom is -0.486 e. The van der Waals surface area contributed by atoms with Gasteiger partial charge in [0.2, 0.25) is 0 Å². The van der Waals surface area contributed by atoms with Gasteiger partial charge in [0, 0.05) is 12.6 Å². The molecule has 3 heterocycles. The van der Waals surface area contributed by atoms with Gasteiger partial charge in [-0.2, -0.15) is 0 Å². The molecule has 80 valence electrons. The average molecular weight is 320 g/mol. The molecule has 1 aromatic heterocycles. The third kappa shape index (κ3) is 1.47. The Bertz CT molecular complexity index is 401. The lowest BCUT2D eigenvalue weighted by atomic mass is 10.2. The first-order valence-corrected chi connectivity index (χ1v) is 6.01. The summed E-state index contributed by atoms with van der Waals surface area (Å²) in [5.41, 5.74) is 0. The van der Waals surface area contributed by atoms with Crippen LogP contribution in [0.15, 0.2) is 12.3 Å². The Morgan fingerprint density at radius 3 is 3.33 bits per heavy atom. The van der Waals surface area contributed by atoms with E-state index < -0.39 is 6.17 Å². The smallest absolute Gasteiger partial charge is 0.175 e. The highest BCUT2D eigenvalue weighted by molar-refractivity contribution is 14.1. The molecule has 0 saturated carbocycles. The van der Waals surface area contributed by atoms with Crippen LogP contribution in [-0.2, 0) is 0 Å². The number of pyridine rings is 1. The van der Waals surface area contributed by atoms with Crippen LogP contribution in [-0.4, -0.2) is 30.3 Å². The molecule has 0 radical (unpaired) electrons. The van der Waals surface area contributed by atoms with Gasteiger partial charge in [-0.1, -0.05) is 0 Å². The minimum absolute atomic E-state index is 0.165. The lowest BCUT2D eigenvalue weighted by Crippen LogP contribution is -2.39. The standard InChI is InChI=1S/C10H10FIN2O/c11-6-3-7-5-15-9-8(12)1-2-13-10(9)14(7)4-6/h1-2,6-7H,3-5H2/t6-,7-/m0/s1. The number of fused-ring (bicyclic) bond motifs is 3. The molecule has 0 spiro atoms. The second-order valence-corrected chi connectivity index (χ2v) is 5.06. The van der Waals surface area contributed by atoms with Crippen LogP contribution in [0, 0.1) is 3.57 Å². The Labute approximate surface area is 101 Å². The van der Waals surface area contributed by atoms with Crippen molar-refractivity contribution in [3.8, 4) is 5.75 Å². The number of hydrogen-bond donors (Lipinski definition) is 0. The lowest BCUT2D eigenvalue weighted by molar-refractivity contribution is 0.260. The monoisotopic (exact) mass is 320 g/mol. The van der Waals surface area contributed by atoms with Gasteiger partial charge >= 0.3 is 0 Å². The Morgan fingerprint density at radius 1 is 1.60 bits per heavy atom. The molecule has 2 atom stereocenters. The van der Waals surface area contributed by atoms with Crippen molar-refractivity contribution in [1.82, 2.24) is 4.98 Å². The normalized spacial score (nSPS) is 28.3. The third-order valence-electron chi connectivity index (χ3n) is 2.89. The number of nitrogens with zero attached hydrogens (tertiary/aromatic N) is 2. The second kappa shape index (κ2) is 3.47. The van der Waals surface area contributed by atoms with Crippen molar-refractivity contribution in [2.45, 2.75) is 18.6 Å². The van der Waals surface area contributed by atoms with E-state index in [0.717, 1.165) is 15.1 Å². The van der Waals surface area contributed by atoms with Crippen molar-refractivity contribution in [1.29, 1.82) is 0 Å². The van der Waals surface area contributed by atoms with E-state index in [1.807, 2.05) is 11.0 Å². The number of ether oxygens (including phenoxy) is 1. The SMILES string of the molecule is F[C@H]1C[C@H]2COc3c(I)ccnc3N2C1. The van der Waals surface area contributed by atoms with E-state index in [-0.39, 0.29) is 6.04 Å². The van der Waals surface area contributed by atoms with Crippen molar-refractivity contribution in [3.63, 3.8) is 0 Å². The molecule has 0 aromatic carbocycles. The number of aromatic nitrogens is 1. The van der Waals surface area contributed by atoms with Crippen molar-refractivity contribution in [2.75, 3.05) is 18.1 Å². The summed E-state index contributed by atoms with van der Waals surface area (Å²) in [7, 11) is 0. The van der Waals surface area contributed by atoms with Gasteiger partial charge < -0.3 is 9.64 Å². The van der Waals surface area contributed by atoms with E-state index in [0.29, 0.717) is 19.6 Å². The fraction of sp³-hybridized carbons (Fsp3) is 0.500. The Balaban J connectivity index is 2.05. The Morgan fingerprint density at radius 2 is 2.47 bits per heavy atom. The highest BCUT2D eigenvalue weighted by Crippen LogP contribution is 2.39. The molecule has 0 bridgehead atoms. The molecule has 1 saturated heterocycles. The number of rotatable bonds is 0. The summed E-state index contributed by atoms with van der Waals surface area (Å²) in [5, 5.41) is 0. The Kier molecular flexibility index (Phi) is 2.22. The predicted molar refractivity (Wildman–Crippen MR) is 63.1 cm³/mol. The minimum atomic E-state index is -0.746. The summed E-state index contributed by atoms with van der Waals surface area (Å²) in [6.07, 6.45) is 1.56. The van der Waals surface area contributed by atoms with Crippen LogP contribution in [0.4, 0.5) is 10.2 Å².